The molecule has 0 N–H and O–H groups in total. The predicted molar refractivity (Wildman–Crippen MR) is 123 cm³/mol. The van der Waals surface area contributed by atoms with Crippen molar-refractivity contribution in [1.82, 2.24) is 14.9 Å². The molecule has 3 aromatic rings. The van der Waals surface area contributed by atoms with Crippen LogP contribution in [0.3, 0.4) is 0 Å². The van der Waals surface area contributed by atoms with Crippen LogP contribution >= 0.6 is 39.0 Å². The smallest absolute Gasteiger partial charge is 0.219 e. The number of benzene rings is 1. The van der Waals surface area contributed by atoms with Crippen LogP contribution in [0.2, 0.25) is 0 Å². The number of pyridine rings is 1. The van der Waals surface area contributed by atoms with E-state index in [-0.39, 0.29) is 5.91 Å². The van der Waals surface area contributed by atoms with E-state index in [0.29, 0.717) is 28.4 Å². The van der Waals surface area contributed by atoms with Gasteiger partial charge in [0, 0.05) is 59.8 Å². The first kappa shape index (κ1) is 21.1. The molecule has 0 radical (unpaired) electrons. The maximum absolute atomic E-state index is 11.5. The summed E-state index contributed by atoms with van der Waals surface area (Å²) < 4.78 is 8.24. The van der Waals surface area contributed by atoms with Crippen molar-refractivity contribution in [2.24, 2.45) is 0 Å². The number of thiazole rings is 1. The average Bonchev–Trinajstić information content (AvgIpc) is 3.24. The van der Waals surface area contributed by atoms with E-state index in [1.807, 2.05) is 46.7 Å². The van der Waals surface area contributed by atoms with E-state index in [1.165, 1.54) is 15.8 Å². The second kappa shape index (κ2) is 9.32. The Kier molecular flexibility index (Phi) is 6.55. The maximum atomic E-state index is 11.5. The molecule has 2 aromatic heterocycles. The van der Waals surface area contributed by atoms with Crippen LogP contribution < -0.4 is 9.16 Å². The zero-order chi connectivity index (χ0) is 21.1. The zero-order valence-corrected chi connectivity index (χ0v) is 19.5. The highest BCUT2D eigenvalue weighted by molar-refractivity contribution is 9.10. The second-order valence-electron chi connectivity index (χ2n) is 7.01. The molecule has 0 saturated carbocycles. The molecule has 1 aromatic carbocycles. The molecule has 1 aliphatic heterocycles. The van der Waals surface area contributed by atoms with Gasteiger partial charge in [-0.15, -0.1) is 11.3 Å². The van der Waals surface area contributed by atoms with Gasteiger partial charge in [0.15, 0.2) is 11.6 Å². The lowest BCUT2D eigenvalue weighted by atomic mass is 9.94. The van der Waals surface area contributed by atoms with Gasteiger partial charge >= 0.3 is 0 Å². The lowest BCUT2D eigenvalue weighted by Gasteiger charge is -2.30. The first-order chi connectivity index (χ1) is 14.5. The maximum Gasteiger partial charge on any atom is 0.219 e. The molecular weight excluding hydrogens is 488 g/mol. The van der Waals surface area contributed by atoms with Gasteiger partial charge in [-0.1, -0.05) is 18.2 Å². The number of carbonyl (C=O) groups is 1. The molecule has 4 rings (SSSR count). The summed E-state index contributed by atoms with van der Waals surface area (Å²) in [5, 5.41) is 2.67. The van der Waals surface area contributed by atoms with Gasteiger partial charge in [0.2, 0.25) is 11.0 Å². The molecule has 6 nitrogen and oxygen atoms in total. The molecule has 9 heteroatoms. The molecule has 0 spiro atoms. The number of hydrogen-bond donors (Lipinski definition) is 0. The molecule has 0 bridgehead atoms. The van der Waals surface area contributed by atoms with Crippen LogP contribution in [-0.4, -0.2) is 33.9 Å². The molecule has 1 aliphatic rings. The van der Waals surface area contributed by atoms with Gasteiger partial charge in [-0.2, -0.15) is 0 Å². The van der Waals surface area contributed by atoms with E-state index in [9.17, 15) is 4.79 Å². The van der Waals surface area contributed by atoms with Crippen LogP contribution in [0.4, 0.5) is 10.9 Å². The standard InChI is InChI=1S/C21H20BrClN4O2S/c1-14(28)26-9-7-15(8-10-26)18-13-30-21(25-18)27(23)20-19(11-16(22)12-24-20)29-17-5-3-2-4-6-17/h2-6,11-13,15H,7-10H2,1H3. The van der Waals surface area contributed by atoms with Crippen molar-refractivity contribution in [3.8, 4) is 11.5 Å². The van der Waals surface area contributed by atoms with Gasteiger partial charge in [0.25, 0.3) is 0 Å². The Morgan fingerprint density at radius 2 is 2.03 bits per heavy atom. The Labute approximate surface area is 192 Å². The van der Waals surface area contributed by atoms with Gasteiger partial charge < -0.3 is 9.64 Å². The number of anilines is 2. The van der Waals surface area contributed by atoms with Crippen LogP contribution in [0.15, 0.2) is 52.4 Å². The number of para-hydroxylation sites is 1. The molecule has 1 amide bonds. The van der Waals surface area contributed by atoms with Crippen molar-refractivity contribution in [2.75, 3.05) is 17.5 Å². The number of rotatable bonds is 5. The van der Waals surface area contributed by atoms with E-state index in [2.05, 4.69) is 20.9 Å². The van der Waals surface area contributed by atoms with Gasteiger partial charge in [-0.3, -0.25) is 4.79 Å². The highest BCUT2D eigenvalue weighted by Crippen LogP contribution is 2.40. The highest BCUT2D eigenvalue weighted by atomic mass is 79.9. The van der Waals surface area contributed by atoms with Crippen molar-refractivity contribution in [3.63, 3.8) is 0 Å². The van der Waals surface area contributed by atoms with Crippen LogP contribution in [-0.2, 0) is 4.79 Å². The molecule has 0 unspecified atom stereocenters. The number of nitrogens with zero attached hydrogens (tertiary/aromatic N) is 4. The Balaban J connectivity index is 1.53. The number of aromatic nitrogens is 2. The molecule has 1 saturated heterocycles. The van der Waals surface area contributed by atoms with Gasteiger partial charge in [-0.05, 0) is 40.9 Å². The monoisotopic (exact) mass is 506 g/mol. The number of piperidine rings is 1. The minimum atomic E-state index is 0.131. The minimum absolute atomic E-state index is 0.131. The Morgan fingerprint density at radius 1 is 1.30 bits per heavy atom. The van der Waals surface area contributed by atoms with Crippen LogP contribution in [0.1, 0.15) is 31.4 Å². The van der Waals surface area contributed by atoms with Crippen LogP contribution in [0.5, 0.6) is 11.5 Å². The van der Waals surface area contributed by atoms with Crippen LogP contribution in [0.25, 0.3) is 0 Å². The summed E-state index contributed by atoms with van der Waals surface area (Å²) in [6, 6.07) is 11.3. The Morgan fingerprint density at radius 3 is 2.73 bits per heavy atom. The normalized spacial score (nSPS) is 14.6. The number of ether oxygens (including phenoxy) is 1. The van der Waals surface area contributed by atoms with Gasteiger partial charge in [0.05, 0.1) is 5.69 Å². The van der Waals surface area contributed by atoms with Gasteiger partial charge in [0.1, 0.15) is 5.75 Å². The van der Waals surface area contributed by atoms with Gasteiger partial charge in [-0.25, -0.2) is 14.4 Å². The predicted octanol–water partition coefficient (Wildman–Crippen LogP) is 6.11. The third kappa shape index (κ3) is 4.77. The summed E-state index contributed by atoms with van der Waals surface area (Å²) in [7, 11) is 0. The average molecular weight is 508 g/mol. The van der Waals surface area contributed by atoms with E-state index in [4.69, 9.17) is 21.5 Å². The lowest BCUT2D eigenvalue weighted by molar-refractivity contribution is -0.129. The summed E-state index contributed by atoms with van der Waals surface area (Å²) >= 11 is 11.6. The number of halogens is 2. The van der Waals surface area contributed by atoms with E-state index < -0.39 is 0 Å². The Hall–Kier alpha value is -2.16. The zero-order valence-electron chi connectivity index (χ0n) is 16.3. The molecular formula is C21H20BrClN4O2S. The van der Waals surface area contributed by atoms with Crippen molar-refractivity contribution >= 4 is 55.9 Å². The summed E-state index contributed by atoms with van der Waals surface area (Å²) in [4.78, 5) is 22.6. The number of carbonyl (C=O) groups excluding carboxylic acids is 1. The summed E-state index contributed by atoms with van der Waals surface area (Å²) in [6.07, 6.45) is 3.49. The fourth-order valence-corrected chi connectivity index (χ4v) is 4.79. The van der Waals surface area contributed by atoms with E-state index in [1.54, 1.807) is 13.1 Å². The lowest BCUT2D eigenvalue weighted by Crippen LogP contribution is -2.36. The summed E-state index contributed by atoms with van der Waals surface area (Å²) in [5.74, 6) is 2.15. The second-order valence-corrected chi connectivity index (χ2v) is 9.10. The molecule has 156 valence electrons. The summed E-state index contributed by atoms with van der Waals surface area (Å²) in [5.41, 5.74) is 1.01. The molecule has 30 heavy (non-hydrogen) atoms. The van der Waals surface area contributed by atoms with Crippen molar-refractivity contribution in [2.45, 2.75) is 25.7 Å². The topological polar surface area (TPSA) is 58.6 Å². The highest BCUT2D eigenvalue weighted by Gasteiger charge is 2.25. The van der Waals surface area contributed by atoms with E-state index in [0.717, 1.165) is 36.1 Å². The Bertz CT molecular complexity index is 1020. The SMILES string of the molecule is CC(=O)N1CCC(c2csc(N(Cl)c3ncc(Br)cc3Oc3ccccc3)n2)CC1. The molecule has 0 aliphatic carbocycles. The quantitative estimate of drug-likeness (QED) is 0.390. The molecule has 1 fully saturated rings. The summed E-state index contributed by atoms with van der Waals surface area (Å²) in [6.45, 7) is 3.15. The third-order valence-corrected chi connectivity index (χ3v) is 6.69. The fourth-order valence-electron chi connectivity index (χ4n) is 3.39. The van der Waals surface area contributed by atoms with Crippen LogP contribution in [0, 0.1) is 0 Å². The number of amides is 1. The van der Waals surface area contributed by atoms with Crippen molar-refractivity contribution in [3.05, 3.63) is 58.1 Å². The van der Waals surface area contributed by atoms with Crippen molar-refractivity contribution in [1.29, 1.82) is 0 Å². The van der Waals surface area contributed by atoms with Crippen molar-refractivity contribution < 1.29 is 9.53 Å². The fraction of sp³-hybridized carbons (Fsp3) is 0.286. The third-order valence-electron chi connectivity index (χ3n) is 4.99. The van der Waals surface area contributed by atoms with E-state index >= 15 is 0 Å². The largest absolute Gasteiger partial charge is 0.453 e. The first-order valence-electron chi connectivity index (χ1n) is 9.56. The molecule has 3 heterocycles. The first-order valence-corrected chi connectivity index (χ1v) is 11.6. The number of likely N-dealkylation sites (tertiary alicyclic amines) is 1. The molecule has 0 atom stereocenters. The number of hydrogen-bond acceptors (Lipinski definition) is 6. The minimum Gasteiger partial charge on any atom is -0.453 e.